The quantitative estimate of drug-likeness (QED) is 0.378. The van der Waals surface area contributed by atoms with Crippen molar-refractivity contribution in [2.24, 2.45) is 0 Å². The summed E-state index contributed by atoms with van der Waals surface area (Å²) in [5.74, 6) is 0.268. The largest absolute Gasteiger partial charge is 0.457 e. The predicted octanol–water partition coefficient (Wildman–Crippen LogP) is 6.00. The van der Waals surface area contributed by atoms with Crippen LogP contribution in [0.2, 0.25) is 5.02 Å². The van der Waals surface area contributed by atoms with Crippen LogP contribution >= 0.6 is 34.2 Å². The zero-order valence-electron chi connectivity index (χ0n) is 12.8. The van der Waals surface area contributed by atoms with E-state index in [1.165, 1.54) is 24.3 Å². The maximum absolute atomic E-state index is 13.7. The highest BCUT2D eigenvalue weighted by atomic mass is 127. The maximum atomic E-state index is 13.7. The van der Waals surface area contributed by atoms with Crippen molar-refractivity contribution in [1.29, 1.82) is 0 Å². The van der Waals surface area contributed by atoms with Crippen LogP contribution in [0.25, 0.3) is 17.4 Å². The van der Waals surface area contributed by atoms with Crippen LogP contribution in [0.15, 0.2) is 65.1 Å². The Kier molecular flexibility index (Phi) is 5.55. The van der Waals surface area contributed by atoms with E-state index < -0.39 is 11.7 Å². The van der Waals surface area contributed by atoms with E-state index in [4.69, 9.17) is 16.0 Å². The van der Waals surface area contributed by atoms with E-state index in [1.807, 2.05) is 34.7 Å². The van der Waals surface area contributed by atoms with Crippen molar-refractivity contribution in [2.45, 2.75) is 0 Å². The third-order valence-electron chi connectivity index (χ3n) is 3.34. The van der Waals surface area contributed by atoms with Gasteiger partial charge >= 0.3 is 0 Å². The van der Waals surface area contributed by atoms with Crippen molar-refractivity contribution in [1.82, 2.24) is 0 Å². The van der Waals surface area contributed by atoms with Gasteiger partial charge in [-0.3, -0.25) is 4.79 Å². The van der Waals surface area contributed by atoms with Crippen molar-refractivity contribution in [3.8, 4) is 11.3 Å². The van der Waals surface area contributed by atoms with Gasteiger partial charge in [-0.25, -0.2) is 4.39 Å². The summed E-state index contributed by atoms with van der Waals surface area (Å²) in [5.41, 5.74) is 1.02. The Hall–Kier alpha value is -2.12. The lowest BCUT2D eigenvalue weighted by atomic mass is 10.2. The second-order valence-corrected chi connectivity index (χ2v) is 6.84. The molecule has 0 bridgehead atoms. The third-order valence-corrected chi connectivity index (χ3v) is 4.27. The van der Waals surface area contributed by atoms with Crippen LogP contribution in [0.1, 0.15) is 5.76 Å². The average Bonchev–Trinajstić information content (AvgIpc) is 3.05. The van der Waals surface area contributed by atoms with E-state index in [2.05, 4.69) is 5.32 Å². The van der Waals surface area contributed by atoms with Crippen LogP contribution in [0.3, 0.4) is 0 Å². The summed E-state index contributed by atoms with van der Waals surface area (Å²) in [6.45, 7) is 0. The lowest BCUT2D eigenvalue weighted by molar-refractivity contribution is -0.111. The fraction of sp³-hybridized carbons (Fsp3) is 0. The second kappa shape index (κ2) is 7.84. The van der Waals surface area contributed by atoms with Gasteiger partial charge in [0, 0.05) is 20.2 Å². The standard InChI is InChI=1S/C19H12ClFINO2/c20-13-3-1-12(2-4-13)18-9-6-15(25-18)7-10-19(24)23-17-8-5-14(22)11-16(17)21/h1-11H,(H,23,24). The molecule has 25 heavy (non-hydrogen) atoms. The van der Waals surface area contributed by atoms with Crippen molar-refractivity contribution in [2.75, 3.05) is 5.32 Å². The molecule has 0 spiro atoms. The Morgan fingerprint density at radius 3 is 2.60 bits per heavy atom. The number of nitrogens with one attached hydrogen (secondary N) is 1. The summed E-state index contributed by atoms with van der Waals surface area (Å²) in [4.78, 5) is 11.9. The summed E-state index contributed by atoms with van der Waals surface area (Å²) >= 11 is 7.86. The molecule has 0 aliphatic rings. The SMILES string of the molecule is O=C(C=Cc1ccc(-c2ccc(Cl)cc2)o1)Nc1ccc(I)cc1F. The van der Waals surface area contributed by atoms with Gasteiger partial charge in [0.05, 0.1) is 5.69 Å². The minimum Gasteiger partial charge on any atom is -0.457 e. The Labute approximate surface area is 162 Å². The van der Waals surface area contributed by atoms with Gasteiger partial charge in [0.1, 0.15) is 17.3 Å². The average molecular weight is 468 g/mol. The van der Waals surface area contributed by atoms with Crippen LogP contribution in [-0.2, 0) is 4.79 Å². The Morgan fingerprint density at radius 1 is 1.12 bits per heavy atom. The molecule has 1 N–H and O–H groups in total. The minimum absolute atomic E-state index is 0.136. The molecule has 0 radical (unpaired) electrons. The Morgan fingerprint density at radius 2 is 1.88 bits per heavy atom. The van der Waals surface area contributed by atoms with Crippen LogP contribution in [0, 0.1) is 9.39 Å². The summed E-state index contributed by atoms with van der Waals surface area (Å²) in [6, 6.07) is 15.4. The van der Waals surface area contributed by atoms with Gasteiger partial charge in [-0.15, -0.1) is 0 Å². The highest BCUT2D eigenvalue weighted by molar-refractivity contribution is 14.1. The van der Waals surface area contributed by atoms with Crippen molar-refractivity contribution in [3.63, 3.8) is 0 Å². The fourth-order valence-electron chi connectivity index (χ4n) is 2.13. The molecular weight excluding hydrogens is 456 g/mol. The molecule has 2 aromatic carbocycles. The molecule has 0 unspecified atom stereocenters. The molecule has 0 saturated carbocycles. The van der Waals surface area contributed by atoms with Crippen molar-refractivity contribution in [3.05, 3.63) is 80.8 Å². The number of carbonyl (C=O) groups excluding carboxylic acids is 1. The summed E-state index contributed by atoms with van der Waals surface area (Å²) in [7, 11) is 0. The first kappa shape index (κ1) is 17.7. The summed E-state index contributed by atoms with van der Waals surface area (Å²) < 4.78 is 20.1. The summed E-state index contributed by atoms with van der Waals surface area (Å²) in [6.07, 6.45) is 2.82. The minimum atomic E-state index is -0.475. The molecule has 0 aliphatic carbocycles. The topological polar surface area (TPSA) is 42.2 Å². The molecule has 3 nitrogen and oxygen atoms in total. The summed E-state index contributed by atoms with van der Waals surface area (Å²) in [5, 5.41) is 3.14. The number of hydrogen-bond donors (Lipinski definition) is 1. The van der Waals surface area contributed by atoms with Crippen LogP contribution in [0.5, 0.6) is 0 Å². The molecule has 0 fully saturated rings. The zero-order valence-corrected chi connectivity index (χ0v) is 15.7. The highest BCUT2D eigenvalue weighted by Gasteiger charge is 2.06. The first-order valence-electron chi connectivity index (χ1n) is 7.31. The molecular formula is C19H12ClFINO2. The first-order valence-corrected chi connectivity index (χ1v) is 8.77. The predicted molar refractivity (Wildman–Crippen MR) is 106 cm³/mol. The van der Waals surface area contributed by atoms with E-state index in [1.54, 1.807) is 30.3 Å². The number of furan rings is 1. The Bertz CT molecular complexity index is 935. The zero-order chi connectivity index (χ0) is 17.8. The molecule has 0 saturated heterocycles. The molecule has 126 valence electrons. The molecule has 6 heteroatoms. The van der Waals surface area contributed by atoms with Gasteiger partial charge in [0.2, 0.25) is 5.91 Å². The van der Waals surface area contributed by atoms with Crippen molar-refractivity contribution >= 4 is 51.9 Å². The van der Waals surface area contributed by atoms with Gasteiger partial charge in [0.25, 0.3) is 0 Å². The van der Waals surface area contributed by atoms with E-state index in [-0.39, 0.29) is 5.69 Å². The van der Waals surface area contributed by atoms with Crippen LogP contribution < -0.4 is 5.32 Å². The van der Waals surface area contributed by atoms with E-state index in [0.29, 0.717) is 16.5 Å². The third kappa shape index (κ3) is 4.70. The normalized spacial score (nSPS) is 11.0. The number of anilines is 1. The monoisotopic (exact) mass is 467 g/mol. The molecule has 3 rings (SSSR count). The number of carbonyl (C=O) groups is 1. The van der Waals surface area contributed by atoms with E-state index >= 15 is 0 Å². The maximum Gasteiger partial charge on any atom is 0.248 e. The fourth-order valence-corrected chi connectivity index (χ4v) is 2.71. The molecule has 1 aromatic heterocycles. The number of amides is 1. The smallest absolute Gasteiger partial charge is 0.248 e. The van der Waals surface area contributed by atoms with Gasteiger partial charge in [-0.1, -0.05) is 11.6 Å². The number of rotatable bonds is 4. The molecule has 1 heterocycles. The van der Waals surface area contributed by atoms with Crippen molar-refractivity contribution < 1.29 is 13.6 Å². The van der Waals surface area contributed by atoms with Gasteiger partial charge in [-0.2, -0.15) is 0 Å². The lowest BCUT2D eigenvalue weighted by Crippen LogP contribution is -2.09. The molecule has 0 aliphatic heterocycles. The number of hydrogen-bond acceptors (Lipinski definition) is 2. The number of halogens is 3. The Balaban J connectivity index is 1.67. The second-order valence-electron chi connectivity index (χ2n) is 5.16. The van der Waals surface area contributed by atoms with Gasteiger partial charge in [0.15, 0.2) is 0 Å². The number of benzene rings is 2. The van der Waals surface area contributed by atoms with Crippen LogP contribution in [-0.4, -0.2) is 5.91 Å². The van der Waals surface area contributed by atoms with E-state index in [9.17, 15) is 9.18 Å². The highest BCUT2D eigenvalue weighted by Crippen LogP contribution is 2.24. The molecule has 1 amide bonds. The van der Waals surface area contributed by atoms with Gasteiger partial charge < -0.3 is 9.73 Å². The molecule has 3 aromatic rings. The lowest BCUT2D eigenvalue weighted by Gasteiger charge is -2.03. The first-order chi connectivity index (χ1) is 12.0. The van der Waals surface area contributed by atoms with Gasteiger partial charge in [-0.05, 0) is 83.3 Å². The van der Waals surface area contributed by atoms with Crippen LogP contribution in [0.4, 0.5) is 10.1 Å². The van der Waals surface area contributed by atoms with E-state index in [0.717, 1.165) is 9.13 Å². The molecule has 0 atom stereocenters.